The molecule has 108 valence electrons. The molecule has 0 amide bonds. The molecule has 2 atom stereocenters. The summed E-state index contributed by atoms with van der Waals surface area (Å²) < 4.78 is 0. The number of rotatable bonds is 8. The number of benzene rings is 1. The van der Waals surface area contributed by atoms with E-state index in [9.17, 15) is 0 Å². The van der Waals surface area contributed by atoms with Crippen LogP contribution in [0.1, 0.15) is 36.4 Å². The highest BCUT2D eigenvalue weighted by Crippen LogP contribution is 2.18. The van der Waals surface area contributed by atoms with Crippen LogP contribution in [0.4, 0.5) is 0 Å². The van der Waals surface area contributed by atoms with Gasteiger partial charge in [0.2, 0.25) is 0 Å². The average Bonchev–Trinajstić information content (AvgIpc) is 3.01. The van der Waals surface area contributed by atoms with Gasteiger partial charge in [-0.2, -0.15) is 0 Å². The lowest BCUT2D eigenvalue weighted by Crippen LogP contribution is -2.36. The fraction of sp³-hybridized carbons (Fsp3) is 0.438. The summed E-state index contributed by atoms with van der Waals surface area (Å²) >= 11 is 1.70. The normalized spacial score (nSPS) is 14.1. The van der Waals surface area contributed by atoms with Crippen LogP contribution in [0.25, 0.3) is 0 Å². The third-order valence-corrected chi connectivity index (χ3v) is 4.32. The van der Waals surface area contributed by atoms with E-state index in [1.807, 2.05) is 17.6 Å². The minimum atomic E-state index is 0.184. The SMILES string of the molecule is CCC(NCC(N)CCc1ccccc1)c1nccs1. The molecule has 2 rings (SSSR count). The van der Waals surface area contributed by atoms with Crippen molar-refractivity contribution < 1.29 is 0 Å². The molecule has 0 saturated heterocycles. The van der Waals surface area contributed by atoms with Crippen LogP contribution in [0.5, 0.6) is 0 Å². The van der Waals surface area contributed by atoms with Crippen molar-refractivity contribution in [3.8, 4) is 0 Å². The first-order chi connectivity index (χ1) is 9.79. The Kier molecular flexibility index (Phi) is 6.18. The summed E-state index contributed by atoms with van der Waals surface area (Å²) in [6.45, 7) is 3.01. The van der Waals surface area contributed by atoms with Gasteiger partial charge in [0.05, 0.1) is 6.04 Å². The van der Waals surface area contributed by atoms with E-state index in [-0.39, 0.29) is 6.04 Å². The van der Waals surface area contributed by atoms with Crippen LogP contribution in [0.2, 0.25) is 0 Å². The van der Waals surface area contributed by atoms with Crippen LogP contribution in [-0.2, 0) is 6.42 Å². The second kappa shape index (κ2) is 8.15. The summed E-state index contributed by atoms with van der Waals surface area (Å²) in [4.78, 5) is 4.37. The Balaban J connectivity index is 1.73. The van der Waals surface area contributed by atoms with Crippen molar-refractivity contribution >= 4 is 11.3 Å². The second-order valence-corrected chi connectivity index (χ2v) is 5.95. The standard InChI is InChI=1S/C16H23N3S/c1-2-15(16-18-10-11-20-16)19-12-14(17)9-8-13-6-4-3-5-7-13/h3-7,10-11,14-15,19H,2,8-9,12,17H2,1H3. The van der Waals surface area contributed by atoms with E-state index < -0.39 is 0 Å². The Morgan fingerprint density at radius 1 is 1.30 bits per heavy atom. The molecule has 3 N–H and O–H groups in total. The first-order valence-corrected chi connectivity index (χ1v) is 8.09. The zero-order valence-electron chi connectivity index (χ0n) is 12.0. The van der Waals surface area contributed by atoms with Gasteiger partial charge in [-0.25, -0.2) is 4.98 Å². The molecule has 1 heterocycles. The van der Waals surface area contributed by atoms with Gasteiger partial charge in [-0.3, -0.25) is 0 Å². The maximum absolute atomic E-state index is 6.20. The molecule has 20 heavy (non-hydrogen) atoms. The Bertz CT molecular complexity index is 470. The van der Waals surface area contributed by atoms with Crippen molar-refractivity contribution in [3.63, 3.8) is 0 Å². The summed E-state index contributed by atoms with van der Waals surface area (Å²) in [5, 5.41) is 6.71. The predicted octanol–water partition coefficient (Wildman–Crippen LogP) is 3.14. The number of nitrogens with one attached hydrogen (secondary N) is 1. The molecule has 1 aromatic carbocycles. The van der Waals surface area contributed by atoms with E-state index in [0.717, 1.165) is 30.8 Å². The van der Waals surface area contributed by atoms with Crippen LogP contribution in [0, 0.1) is 0 Å². The van der Waals surface area contributed by atoms with Gasteiger partial charge in [0.25, 0.3) is 0 Å². The maximum atomic E-state index is 6.20. The largest absolute Gasteiger partial charge is 0.327 e. The molecule has 0 radical (unpaired) electrons. The Morgan fingerprint density at radius 3 is 2.75 bits per heavy atom. The van der Waals surface area contributed by atoms with Gasteiger partial charge in [0, 0.05) is 24.2 Å². The quantitative estimate of drug-likeness (QED) is 0.785. The van der Waals surface area contributed by atoms with Crippen molar-refractivity contribution in [3.05, 3.63) is 52.5 Å². The highest BCUT2D eigenvalue weighted by molar-refractivity contribution is 7.09. The van der Waals surface area contributed by atoms with Crippen LogP contribution in [0.3, 0.4) is 0 Å². The molecule has 0 bridgehead atoms. The first kappa shape index (κ1) is 15.2. The molecule has 1 aromatic heterocycles. The fourth-order valence-corrected chi connectivity index (χ4v) is 3.00. The molecule has 3 nitrogen and oxygen atoms in total. The summed E-state index contributed by atoms with van der Waals surface area (Å²) in [5.74, 6) is 0. The first-order valence-electron chi connectivity index (χ1n) is 7.22. The summed E-state index contributed by atoms with van der Waals surface area (Å²) in [6, 6.07) is 11.0. The van der Waals surface area contributed by atoms with Crippen LogP contribution < -0.4 is 11.1 Å². The van der Waals surface area contributed by atoms with Crippen LogP contribution >= 0.6 is 11.3 Å². The molecular weight excluding hydrogens is 266 g/mol. The Labute approximate surface area is 125 Å². The van der Waals surface area contributed by atoms with E-state index in [1.165, 1.54) is 5.56 Å². The molecule has 4 heteroatoms. The average molecular weight is 289 g/mol. The monoisotopic (exact) mass is 289 g/mol. The van der Waals surface area contributed by atoms with Crippen molar-refractivity contribution in [1.82, 2.24) is 10.3 Å². The zero-order valence-corrected chi connectivity index (χ0v) is 12.8. The van der Waals surface area contributed by atoms with Crippen molar-refractivity contribution in [2.45, 2.75) is 38.3 Å². The van der Waals surface area contributed by atoms with Gasteiger partial charge < -0.3 is 11.1 Å². The van der Waals surface area contributed by atoms with Crippen molar-refractivity contribution in [2.24, 2.45) is 5.73 Å². The Hall–Kier alpha value is -1.23. The molecule has 0 aliphatic rings. The van der Waals surface area contributed by atoms with Gasteiger partial charge in [-0.15, -0.1) is 11.3 Å². The molecule has 0 saturated carbocycles. The summed E-state index contributed by atoms with van der Waals surface area (Å²) in [5.41, 5.74) is 7.55. The van der Waals surface area contributed by atoms with Crippen molar-refractivity contribution in [1.29, 1.82) is 0 Å². The van der Waals surface area contributed by atoms with Crippen LogP contribution in [-0.4, -0.2) is 17.6 Å². The number of nitrogens with two attached hydrogens (primary N) is 1. The Morgan fingerprint density at radius 2 is 2.10 bits per heavy atom. The third kappa shape index (κ3) is 4.71. The molecule has 2 unspecified atom stereocenters. The van der Waals surface area contributed by atoms with E-state index in [4.69, 9.17) is 5.73 Å². The molecule has 0 aliphatic carbocycles. The number of thiazole rings is 1. The molecule has 0 fully saturated rings. The molecule has 0 aliphatic heterocycles. The smallest absolute Gasteiger partial charge is 0.109 e. The molecule has 0 spiro atoms. The minimum Gasteiger partial charge on any atom is -0.327 e. The van der Waals surface area contributed by atoms with E-state index >= 15 is 0 Å². The zero-order chi connectivity index (χ0) is 14.2. The highest BCUT2D eigenvalue weighted by atomic mass is 32.1. The van der Waals surface area contributed by atoms with E-state index in [1.54, 1.807) is 11.3 Å². The van der Waals surface area contributed by atoms with E-state index in [0.29, 0.717) is 6.04 Å². The number of aryl methyl sites for hydroxylation is 1. The lowest BCUT2D eigenvalue weighted by molar-refractivity contribution is 0.466. The number of hydrogen-bond acceptors (Lipinski definition) is 4. The van der Waals surface area contributed by atoms with Crippen LogP contribution in [0.15, 0.2) is 41.9 Å². The molecular formula is C16H23N3S. The lowest BCUT2D eigenvalue weighted by atomic mass is 10.1. The van der Waals surface area contributed by atoms with Gasteiger partial charge in [0.1, 0.15) is 5.01 Å². The fourth-order valence-electron chi connectivity index (χ4n) is 2.21. The number of aromatic nitrogens is 1. The maximum Gasteiger partial charge on any atom is 0.109 e. The highest BCUT2D eigenvalue weighted by Gasteiger charge is 2.12. The number of nitrogens with zero attached hydrogens (tertiary/aromatic N) is 1. The van der Waals surface area contributed by atoms with Gasteiger partial charge in [-0.1, -0.05) is 37.3 Å². The van der Waals surface area contributed by atoms with Gasteiger partial charge in [0.15, 0.2) is 0 Å². The third-order valence-electron chi connectivity index (χ3n) is 3.43. The number of hydrogen-bond donors (Lipinski definition) is 2. The second-order valence-electron chi connectivity index (χ2n) is 5.02. The topological polar surface area (TPSA) is 50.9 Å². The predicted molar refractivity (Wildman–Crippen MR) is 85.9 cm³/mol. The van der Waals surface area contributed by atoms with Gasteiger partial charge >= 0.3 is 0 Å². The van der Waals surface area contributed by atoms with Crippen molar-refractivity contribution in [2.75, 3.05) is 6.54 Å². The summed E-state index contributed by atoms with van der Waals surface area (Å²) in [7, 11) is 0. The van der Waals surface area contributed by atoms with Gasteiger partial charge in [-0.05, 0) is 24.8 Å². The van der Waals surface area contributed by atoms with E-state index in [2.05, 4.69) is 41.5 Å². The minimum absolute atomic E-state index is 0.184. The lowest BCUT2D eigenvalue weighted by Gasteiger charge is -2.18. The summed E-state index contributed by atoms with van der Waals surface area (Å²) in [6.07, 6.45) is 4.95. The molecule has 2 aromatic rings.